The molecular formula is C11H13BrN2O2. The van der Waals surface area contributed by atoms with E-state index in [9.17, 15) is 0 Å². The van der Waals surface area contributed by atoms with Crippen molar-refractivity contribution in [1.82, 2.24) is 10.3 Å². The quantitative estimate of drug-likeness (QED) is 0.857. The molecule has 0 spiro atoms. The first kappa shape index (κ1) is 11.4. The fourth-order valence-corrected chi connectivity index (χ4v) is 1.87. The van der Waals surface area contributed by atoms with Crippen molar-refractivity contribution in [2.45, 2.75) is 19.9 Å². The molecule has 0 aliphatic carbocycles. The van der Waals surface area contributed by atoms with Gasteiger partial charge in [0, 0.05) is 6.54 Å². The second kappa shape index (κ2) is 5.32. The number of rotatable bonds is 5. The minimum Gasteiger partial charge on any atom is -0.457 e. The highest BCUT2D eigenvalue weighted by atomic mass is 79.9. The molecule has 2 rings (SSSR count). The van der Waals surface area contributed by atoms with E-state index in [2.05, 4.69) is 33.2 Å². The normalized spacial score (nSPS) is 10.9. The highest BCUT2D eigenvalue weighted by Crippen LogP contribution is 2.31. The summed E-state index contributed by atoms with van der Waals surface area (Å²) < 4.78 is 11.2. The lowest BCUT2D eigenvalue weighted by Gasteiger charge is -2.01. The molecule has 0 bridgehead atoms. The van der Waals surface area contributed by atoms with E-state index < -0.39 is 0 Å². The maximum Gasteiger partial charge on any atom is 0.181 e. The Bertz CT molecular complexity index is 450. The zero-order valence-electron chi connectivity index (χ0n) is 9.00. The first-order valence-electron chi connectivity index (χ1n) is 5.19. The summed E-state index contributed by atoms with van der Waals surface area (Å²) >= 11 is 3.33. The fourth-order valence-electron chi connectivity index (χ4n) is 1.45. The summed E-state index contributed by atoms with van der Waals surface area (Å²) in [5.41, 5.74) is 1.79. The predicted molar refractivity (Wildman–Crippen MR) is 63.9 cm³/mol. The van der Waals surface area contributed by atoms with Gasteiger partial charge in [-0.05, 0) is 35.0 Å². The van der Waals surface area contributed by atoms with Gasteiger partial charge in [0.2, 0.25) is 0 Å². The van der Waals surface area contributed by atoms with Crippen LogP contribution in [0.25, 0.3) is 11.3 Å². The molecule has 2 aromatic rings. The second-order valence-electron chi connectivity index (χ2n) is 3.41. The Morgan fingerprint density at radius 1 is 1.44 bits per heavy atom. The van der Waals surface area contributed by atoms with Gasteiger partial charge in [0.15, 0.2) is 16.8 Å². The summed E-state index contributed by atoms with van der Waals surface area (Å²) in [7, 11) is 0. The molecule has 0 radical (unpaired) electrons. The van der Waals surface area contributed by atoms with Gasteiger partial charge in [0.05, 0.1) is 11.8 Å². The summed E-state index contributed by atoms with van der Waals surface area (Å²) in [4.78, 5) is 4.19. The van der Waals surface area contributed by atoms with Crippen LogP contribution in [-0.4, -0.2) is 11.5 Å². The molecule has 0 aromatic carbocycles. The van der Waals surface area contributed by atoms with Crippen LogP contribution >= 0.6 is 15.9 Å². The van der Waals surface area contributed by atoms with E-state index in [0.717, 1.165) is 30.0 Å². The highest BCUT2D eigenvalue weighted by Gasteiger charge is 2.15. The standard InChI is InChI=1S/C11H13BrN2O2/c1-2-4-13-6-9-10(16-7-14-9)8-3-5-15-11(8)12/h3,5,7,13H,2,4,6H2,1H3. The molecule has 0 saturated carbocycles. The number of aromatic nitrogens is 1. The van der Waals surface area contributed by atoms with Crippen molar-refractivity contribution in [3.63, 3.8) is 0 Å². The average Bonchev–Trinajstić information content (AvgIpc) is 2.87. The minimum absolute atomic E-state index is 0.668. The van der Waals surface area contributed by atoms with Crippen molar-refractivity contribution in [1.29, 1.82) is 0 Å². The first-order chi connectivity index (χ1) is 7.83. The summed E-state index contributed by atoms with van der Waals surface area (Å²) in [5.74, 6) is 0.754. The molecule has 1 N–H and O–H groups in total. The van der Waals surface area contributed by atoms with Gasteiger partial charge in [0.1, 0.15) is 5.69 Å². The number of hydrogen-bond donors (Lipinski definition) is 1. The lowest BCUT2D eigenvalue weighted by molar-refractivity contribution is 0.535. The zero-order chi connectivity index (χ0) is 11.4. The van der Waals surface area contributed by atoms with E-state index in [1.807, 2.05) is 6.07 Å². The number of nitrogens with zero attached hydrogens (tertiary/aromatic N) is 1. The summed E-state index contributed by atoms with van der Waals surface area (Å²) in [6.45, 7) is 3.81. The molecular weight excluding hydrogens is 272 g/mol. The Kier molecular flexibility index (Phi) is 3.79. The van der Waals surface area contributed by atoms with Crippen LogP contribution in [0.4, 0.5) is 0 Å². The SMILES string of the molecule is CCCNCc1ncoc1-c1ccoc1Br. The molecule has 5 heteroatoms. The van der Waals surface area contributed by atoms with Crippen molar-refractivity contribution >= 4 is 15.9 Å². The number of halogens is 1. The largest absolute Gasteiger partial charge is 0.457 e. The van der Waals surface area contributed by atoms with Crippen LogP contribution in [0.1, 0.15) is 19.0 Å². The van der Waals surface area contributed by atoms with E-state index >= 15 is 0 Å². The fraction of sp³-hybridized carbons (Fsp3) is 0.364. The van der Waals surface area contributed by atoms with E-state index in [1.54, 1.807) is 6.26 Å². The Morgan fingerprint density at radius 2 is 2.31 bits per heavy atom. The number of hydrogen-bond acceptors (Lipinski definition) is 4. The smallest absolute Gasteiger partial charge is 0.181 e. The van der Waals surface area contributed by atoms with Crippen LogP contribution in [0.2, 0.25) is 0 Å². The van der Waals surface area contributed by atoms with Gasteiger partial charge in [0.25, 0.3) is 0 Å². The Hall–Kier alpha value is -1.07. The monoisotopic (exact) mass is 284 g/mol. The van der Waals surface area contributed by atoms with Gasteiger partial charge < -0.3 is 14.2 Å². The lowest BCUT2D eigenvalue weighted by Crippen LogP contribution is -2.14. The third-order valence-electron chi connectivity index (χ3n) is 2.22. The Labute approximate surface area is 102 Å². The molecule has 2 aromatic heterocycles. The van der Waals surface area contributed by atoms with Crippen LogP contribution < -0.4 is 5.32 Å². The molecule has 16 heavy (non-hydrogen) atoms. The summed E-state index contributed by atoms with van der Waals surface area (Å²) in [5, 5.41) is 3.29. The van der Waals surface area contributed by atoms with Crippen molar-refractivity contribution in [3.05, 3.63) is 29.1 Å². The van der Waals surface area contributed by atoms with E-state index in [-0.39, 0.29) is 0 Å². The molecule has 0 atom stereocenters. The van der Waals surface area contributed by atoms with Gasteiger partial charge in [-0.3, -0.25) is 0 Å². The van der Waals surface area contributed by atoms with Crippen LogP contribution in [0.5, 0.6) is 0 Å². The Balaban J connectivity index is 2.16. The third kappa shape index (κ3) is 2.36. The molecule has 86 valence electrons. The highest BCUT2D eigenvalue weighted by molar-refractivity contribution is 9.10. The van der Waals surface area contributed by atoms with Gasteiger partial charge >= 0.3 is 0 Å². The maximum absolute atomic E-state index is 5.38. The van der Waals surface area contributed by atoms with E-state index in [0.29, 0.717) is 11.2 Å². The van der Waals surface area contributed by atoms with Gasteiger partial charge in [-0.1, -0.05) is 6.92 Å². The molecule has 0 amide bonds. The first-order valence-corrected chi connectivity index (χ1v) is 5.98. The predicted octanol–water partition coefficient (Wildman–Crippen LogP) is 3.20. The summed E-state index contributed by atoms with van der Waals surface area (Å²) in [6, 6.07) is 1.86. The van der Waals surface area contributed by atoms with Crippen LogP contribution in [0.3, 0.4) is 0 Å². The molecule has 0 aliphatic rings. The minimum atomic E-state index is 0.668. The number of oxazole rings is 1. The second-order valence-corrected chi connectivity index (χ2v) is 4.13. The third-order valence-corrected chi connectivity index (χ3v) is 2.84. The lowest BCUT2D eigenvalue weighted by atomic mass is 10.2. The molecule has 0 saturated heterocycles. The summed E-state index contributed by atoms with van der Waals surface area (Å²) in [6.07, 6.45) is 4.17. The van der Waals surface area contributed by atoms with Crippen molar-refractivity contribution < 1.29 is 8.83 Å². The topological polar surface area (TPSA) is 51.2 Å². The zero-order valence-corrected chi connectivity index (χ0v) is 10.6. The average molecular weight is 285 g/mol. The van der Waals surface area contributed by atoms with Crippen molar-refractivity contribution in [2.24, 2.45) is 0 Å². The van der Waals surface area contributed by atoms with Gasteiger partial charge in [-0.2, -0.15) is 0 Å². The Morgan fingerprint density at radius 3 is 3.00 bits per heavy atom. The van der Waals surface area contributed by atoms with Crippen molar-refractivity contribution in [3.8, 4) is 11.3 Å². The number of nitrogens with one attached hydrogen (secondary N) is 1. The molecule has 0 unspecified atom stereocenters. The molecule has 4 nitrogen and oxygen atoms in total. The van der Waals surface area contributed by atoms with Crippen molar-refractivity contribution in [2.75, 3.05) is 6.54 Å². The van der Waals surface area contributed by atoms with Crippen LogP contribution in [0.15, 0.2) is 32.2 Å². The van der Waals surface area contributed by atoms with Crippen LogP contribution in [0, 0.1) is 0 Å². The van der Waals surface area contributed by atoms with Crippen LogP contribution in [-0.2, 0) is 6.54 Å². The van der Waals surface area contributed by atoms with E-state index in [1.165, 1.54) is 6.39 Å². The molecule has 2 heterocycles. The van der Waals surface area contributed by atoms with Gasteiger partial charge in [-0.25, -0.2) is 4.98 Å². The number of furan rings is 1. The molecule has 0 aliphatic heterocycles. The maximum atomic E-state index is 5.38. The van der Waals surface area contributed by atoms with Gasteiger partial charge in [-0.15, -0.1) is 0 Å². The van der Waals surface area contributed by atoms with E-state index in [4.69, 9.17) is 8.83 Å². The molecule has 0 fully saturated rings.